The minimum absolute atomic E-state index is 0.801. The van der Waals surface area contributed by atoms with Crippen LogP contribution in [-0.2, 0) is 6.54 Å². The number of nitrogens with one attached hydrogen (secondary N) is 1. The monoisotopic (exact) mass is 272 g/mol. The Hall–Kier alpha value is -1.90. The van der Waals surface area contributed by atoms with Crippen LogP contribution in [0.2, 0.25) is 0 Å². The van der Waals surface area contributed by atoms with E-state index in [0.717, 1.165) is 31.7 Å². The Morgan fingerprint density at radius 3 is 2.25 bits per heavy atom. The van der Waals surface area contributed by atoms with Gasteiger partial charge in [-0.2, -0.15) is 0 Å². The van der Waals surface area contributed by atoms with E-state index < -0.39 is 0 Å². The van der Waals surface area contributed by atoms with Crippen LogP contribution < -0.4 is 10.2 Å². The van der Waals surface area contributed by atoms with Crippen LogP contribution in [0, 0.1) is 13.8 Å². The Morgan fingerprint density at radius 1 is 1.00 bits per heavy atom. The zero-order valence-electron chi connectivity index (χ0n) is 12.6. The Kier molecular flexibility index (Phi) is 5.10. The van der Waals surface area contributed by atoms with Crippen LogP contribution in [0.1, 0.15) is 36.7 Å². The van der Waals surface area contributed by atoms with Crippen molar-refractivity contribution in [3.05, 3.63) is 53.3 Å². The second-order valence-electron chi connectivity index (χ2n) is 5.13. The highest BCUT2D eigenvalue weighted by atomic mass is 16.5. The van der Waals surface area contributed by atoms with Crippen molar-refractivity contribution >= 4 is 0 Å². The fraction of sp³-hybridized carbons (Fsp3) is 0.412. The number of rotatable bonds is 7. The molecule has 0 saturated heterocycles. The van der Waals surface area contributed by atoms with Crippen molar-refractivity contribution in [1.29, 1.82) is 0 Å². The van der Waals surface area contributed by atoms with Gasteiger partial charge in [-0.15, -0.1) is 0 Å². The van der Waals surface area contributed by atoms with Gasteiger partial charge in [0.15, 0.2) is 0 Å². The maximum atomic E-state index is 5.66. The predicted octanol–water partition coefficient (Wildman–Crippen LogP) is 4.03. The van der Waals surface area contributed by atoms with Gasteiger partial charge in [0.25, 0.3) is 0 Å². The van der Waals surface area contributed by atoms with E-state index in [1.54, 1.807) is 0 Å². The molecule has 0 aliphatic rings. The molecule has 0 radical (unpaired) electrons. The van der Waals surface area contributed by atoms with E-state index in [-0.39, 0.29) is 0 Å². The molecule has 2 aromatic rings. The van der Waals surface area contributed by atoms with Gasteiger partial charge in [0.2, 0.25) is 0 Å². The molecule has 3 nitrogen and oxygen atoms in total. The Bertz CT molecular complexity index is 509. The summed E-state index contributed by atoms with van der Waals surface area (Å²) in [5, 5.41) is 0. The lowest BCUT2D eigenvalue weighted by atomic mass is 10.2. The van der Waals surface area contributed by atoms with Crippen molar-refractivity contribution in [2.24, 2.45) is 0 Å². The number of benzene rings is 1. The number of hydrogen-bond acceptors (Lipinski definition) is 2. The van der Waals surface area contributed by atoms with Crippen molar-refractivity contribution in [3.63, 3.8) is 0 Å². The second kappa shape index (κ2) is 7.04. The molecule has 20 heavy (non-hydrogen) atoms. The third kappa shape index (κ3) is 3.80. The molecule has 1 N–H and O–H groups in total. The fourth-order valence-electron chi connectivity index (χ4n) is 2.13. The van der Waals surface area contributed by atoms with Gasteiger partial charge in [0, 0.05) is 11.4 Å². The number of aromatic nitrogens is 1. The van der Waals surface area contributed by atoms with Gasteiger partial charge >= 0.3 is 0 Å². The topological polar surface area (TPSA) is 26.2 Å². The zero-order valence-corrected chi connectivity index (χ0v) is 12.6. The van der Waals surface area contributed by atoms with Crippen LogP contribution in [0.4, 0.5) is 0 Å². The summed E-state index contributed by atoms with van der Waals surface area (Å²) in [6.07, 6.45) is 2.27. The van der Waals surface area contributed by atoms with Gasteiger partial charge in [-0.25, -0.2) is 0 Å². The molecule has 0 aliphatic heterocycles. The maximum Gasteiger partial charge on any atom is 0.119 e. The second-order valence-corrected chi connectivity index (χ2v) is 5.13. The minimum atomic E-state index is 0.801. The molecule has 1 aromatic heterocycles. The summed E-state index contributed by atoms with van der Waals surface area (Å²) in [6, 6.07) is 12.6. The van der Waals surface area contributed by atoms with E-state index in [1.807, 2.05) is 12.1 Å². The average molecular weight is 272 g/mol. The summed E-state index contributed by atoms with van der Waals surface area (Å²) >= 11 is 0. The first kappa shape index (κ1) is 14.5. The highest BCUT2D eigenvalue weighted by Crippen LogP contribution is 2.13. The van der Waals surface area contributed by atoms with Crippen molar-refractivity contribution in [2.45, 2.75) is 40.2 Å². The number of hydrogen-bond donors (Lipinski definition) is 1. The van der Waals surface area contributed by atoms with Crippen LogP contribution in [-0.4, -0.2) is 11.3 Å². The summed E-state index contributed by atoms with van der Waals surface area (Å²) in [6.45, 7) is 7.99. The molecule has 0 amide bonds. The number of aryl methyl sites for hydroxylation is 2. The molecule has 0 atom stereocenters. The highest BCUT2D eigenvalue weighted by molar-refractivity contribution is 5.28. The Balaban J connectivity index is 1.88. The summed E-state index contributed by atoms with van der Waals surface area (Å²) in [7, 11) is 0. The van der Waals surface area contributed by atoms with Crippen molar-refractivity contribution in [2.75, 3.05) is 12.0 Å². The van der Waals surface area contributed by atoms with E-state index in [9.17, 15) is 0 Å². The lowest BCUT2D eigenvalue weighted by Gasteiger charge is -2.13. The van der Waals surface area contributed by atoms with E-state index in [0.29, 0.717) is 0 Å². The average Bonchev–Trinajstić information content (AvgIpc) is 2.78. The first-order valence-corrected chi connectivity index (χ1v) is 7.31. The molecule has 2 rings (SSSR count). The maximum absolute atomic E-state index is 5.66. The van der Waals surface area contributed by atoms with Crippen molar-refractivity contribution in [3.8, 4) is 5.75 Å². The lowest BCUT2D eigenvalue weighted by Crippen LogP contribution is -2.16. The third-order valence-corrected chi connectivity index (χ3v) is 3.40. The molecule has 108 valence electrons. The highest BCUT2D eigenvalue weighted by Gasteiger charge is 2.00. The van der Waals surface area contributed by atoms with Gasteiger partial charge in [-0.05, 0) is 50.1 Å². The Morgan fingerprint density at radius 2 is 1.65 bits per heavy atom. The number of unbranched alkanes of at least 4 members (excludes halogenated alkanes) is 1. The largest absolute Gasteiger partial charge is 0.494 e. The molecule has 0 aliphatic carbocycles. The number of ether oxygens (including phenoxy) is 1. The van der Waals surface area contributed by atoms with E-state index in [1.165, 1.54) is 17.0 Å². The van der Waals surface area contributed by atoms with Crippen LogP contribution in [0.3, 0.4) is 0 Å². The summed E-state index contributed by atoms with van der Waals surface area (Å²) < 4.78 is 7.78. The van der Waals surface area contributed by atoms with Crippen molar-refractivity contribution in [1.82, 2.24) is 4.68 Å². The fourth-order valence-corrected chi connectivity index (χ4v) is 2.13. The molecule has 1 aromatic carbocycles. The van der Waals surface area contributed by atoms with Crippen LogP contribution in [0.25, 0.3) is 0 Å². The van der Waals surface area contributed by atoms with Crippen LogP contribution in [0.15, 0.2) is 36.4 Å². The molecule has 3 heteroatoms. The zero-order chi connectivity index (χ0) is 14.4. The third-order valence-electron chi connectivity index (χ3n) is 3.40. The molecule has 0 fully saturated rings. The molecule has 0 saturated carbocycles. The minimum Gasteiger partial charge on any atom is -0.494 e. The first-order chi connectivity index (χ1) is 9.70. The van der Waals surface area contributed by atoms with Gasteiger partial charge in [0.05, 0.1) is 13.2 Å². The number of nitrogens with zero attached hydrogens (tertiary/aromatic N) is 1. The molecule has 0 unspecified atom stereocenters. The standard InChI is InChI=1S/C17H24N2O/c1-4-5-12-20-17-10-8-16(9-11-17)13-18-19-14(2)6-7-15(19)3/h6-11,18H,4-5,12-13H2,1-3H3. The van der Waals surface area contributed by atoms with Crippen molar-refractivity contribution < 1.29 is 4.74 Å². The molecule has 0 spiro atoms. The lowest BCUT2D eigenvalue weighted by molar-refractivity contribution is 0.309. The van der Waals surface area contributed by atoms with E-state index in [4.69, 9.17) is 4.74 Å². The normalized spacial score (nSPS) is 10.6. The smallest absolute Gasteiger partial charge is 0.119 e. The van der Waals surface area contributed by atoms with Crippen LogP contribution >= 0.6 is 0 Å². The molecule has 0 bridgehead atoms. The predicted molar refractivity (Wildman–Crippen MR) is 83.8 cm³/mol. The van der Waals surface area contributed by atoms with Gasteiger partial charge in [-0.3, -0.25) is 4.68 Å². The van der Waals surface area contributed by atoms with Gasteiger partial charge in [-0.1, -0.05) is 25.5 Å². The SMILES string of the molecule is CCCCOc1ccc(CNn2c(C)ccc2C)cc1. The summed E-state index contributed by atoms with van der Waals surface area (Å²) in [5.74, 6) is 0.954. The van der Waals surface area contributed by atoms with Crippen LogP contribution in [0.5, 0.6) is 5.75 Å². The molecule has 1 heterocycles. The molecular formula is C17H24N2O. The molecular weight excluding hydrogens is 248 g/mol. The Labute approximate surface area is 121 Å². The van der Waals surface area contributed by atoms with Gasteiger partial charge in [0.1, 0.15) is 5.75 Å². The van der Waals surface area contributed by atoms with Gasteiger partial charge < -0.3 is 10.2 Å². The van der Waals surface area contributed by atoms with E-state index in [2.05, 4.69) is 55.1 Å². The van der Waals surface area contributed by atoms with E-state index >= 15 is 0 Å². The first-order valence-electron chi connectivity index (χ1n) is 7.31. The summed E-state index contributed by atoms with van der Waals surface area (Å²) in [4.78, 5) is 0. The summed E-state index contributed by atoms with van der Waals surface area (Å²) in [5.41, 5.74) is 7.12. The quantitative estimate of drug-likeness (QED) is 0.770.